The number of benzene rings is 2. The smallest absolute Gasteiger partial charge is 0.427 e. The van der Waals surface area contributed by atoms with Crippen molar-refractivity contribution in [3.8, 4) is 0 Å². The molecule has 0 bridgehead atoms. The molecule has 0 amide bonds. The van der Waals surface area contributed by atoms with Gasteiger partial charge in [0.05, 0.1) is 18.4 Å². The Labute approximate surface area is 180 Å². The van der Waals surface area contributed by atoms with Gasteiger partial charge in [-0.2, -0.15) is 5.10 Å². The Hall–Kier alpha value is -3.08. The van der Waals surface area contributed by atoms with Crippen LogP contribution in [0.2, 0.25) is 0 Å². The Balaban J connectivity index is 1.58. The van der Waals surface area contributed by atoms with Crippen molar-refractivity contribution in [3.05, 3.63) is 71.5 Å². The lowest BCUT2D eigenvalue weighted by Crippen LogP contribution is -2.52. The molecule has 1 unspecified atom stereocenters. The Bertz CT molecular complexity index is 1300. The molecule has 0 radical (unpaired) electrons. The Kier molecular flexibility index (Phi) is 5.61. The second kappa shape index (κ2) is 8.22. The van der Waals surface area contributed by atoms with Gasteiger partial charge in [-0.15, -0.1) is 0 Å². The first-order valence-corrected chi connectivity index (χ1v) is 11.5. The standard InChI is InChI=1S/C21H21BN4O4S/c1-31(29,30)26-22(28)20-5-4-16(10-18(20)13-25-26)19(11-23)21(27)9-14-2-3-17-12-24-7-6-15(17)8-14/h2-8,10,12-13,19,28H,9,11,23H2,1H3. The third kappa shape index (κ3) is 4.22. The fourth-order valence-electron chi connectivity index (χ4n) is 3.75. The largest absolute Gasteiger partial charge is 0.483 e. The van der Waals surface area contributed by atoms with E-state index < -0.39 is 23.0 Å². The zero-order valence-corrected chi connectivity index (χ0v) is 17.7. The first-order valence-electron chi connectivity index (χ1n) is 9.68. The summed E-state index contributed by atoms with van der Waals surface area (Å²) in [6.45, 7) is 0.129. The van der Waals surface area contributed by atoms with Gasteiger partial charge in [0.1, 0.15) is 5.78 Å². The van der Waals surface area contributed by atoms with Crippen molar-refractivity contribution in [2.24, 2.45) is 10.8 Å². The number of hydrogen-bond donors (Lipinski definition) is 2. The van der Waals surface area contributed by atoms with E-state index in [1.165, 1.54) is 6.21 Å². The van der Waals surface area contributed by atoms with E-state index >= 15 is 0 Å². The maximum absolute atomic E-state index is 13.0. The zero-order valence-electron chi connectivity index (χ0n) is 16.8. The molecule has 1 aliphatic rings. The van der Waals surface area contributed by atoms with Crippen molar-refractivity contribution in [2.75, 3.05) is 12.8 Å². The SMILES string of the molecule is CS(=O)(=O)N1N=Cc2cc(C(CN)C(=O)Cc3ccc4cnccc4c3)ccc2B1O. The van der Waals surface area contributed by atoms with Crippen LogP contribution in [0.4, 0.5) is 0 Å². The van der Waals surface area contributed by atoms with Crippen LogP contribution in [0.25, 0.3) is 10.8 Å². The summed E-state index contributed by atoms with van der Waals surface area (Å²) in [4.78, 5) is 17.1. The molecule has 0 saturated heterocycles. The van der Waals surface area contributed by atoms with Gasteiger partial charge in [0.15, 0.2) is 0 Å². The van der Waals surface area contributed by atoms with Crippen LogP contribution in [-0.2, 0) is 21.2 Å². The van der Waals surface area contributed by atoms with Gasteiger partial charge in [0, 0.05) is 30.7 Å². The minimum atomic E-state index is -3.71. The van der Waals surface area contributed by atoms with Gasteiger partial charge < -0.3 is 10.8 Å². The van der Waals surface area contributed by atoms with E-state index in [9.17, 15) is 18.2 Å². The number of ketones is 1. The molecule has 4 rings (SSSR count). The molecule has 158 valence electrons. The molecule has 31 heavy (non-hydrogen) atoms. The number of hydrogen-bond acceptors (Lipinski definition) is 7. The average Bonchev–Trinajstić information content (AvgIpc) is 2.73. The van der Waals surface area contributed by atoms with Crippen LogP contribution < -0.4 is 11.2 Å². The van der Waals surface area contributed by atoms with Crippen molar-refractivity contribution >= 4 is 45.3 Å². The first-order chi connectivity index (χ1) is 14.8. The zero-order chi connectivity index (χ0) is 22.2. The highest BCUT2D eigenvalue weighted by atomic mass is 32.2. The molecule has 10 heteroatoms. The molecule has 1 aliphatic heterocycles. The van der Waals surface area contributed by atoms with Crippen LogP contribution in [0.3, 0.4) is 0 Å². The van der Waals surface area contributed by atoms with Crippen molar-refractivity contribution in [1.82, 2.24) is 9.31 Å². The van der Waals surface area contributed by atoms with Crippen molar-refractivity contribution in [1.29, 1.82) is 0 Å². The fourth-order valence-corrected chi connectivity index (χ4v) is 4.44. The average molecular weight is 436 g/mol. The molecule has 1 aromatic heterocycles. The number of Topliss-reactive ketones (excluding diaryl/α,β-unsaturated/α-hetero) is 1. The second-order valence-electron chi connectivity index (χ2n) is 7.53. The van der Waals surface area contributed by atoms with E-state index in [0.29, 0.717) is 20.9 Å². The fraction of sp³-hybridized carbons (Fsp3) is 0.190. The van der Waals surface area contributed by atoms with E-state index in [4.69, 9.17) is 5.73 Å². The number of nitrogens with zero attached hydrogens (tertiary/aromatic N) is 3. The normalized spacial score (nSPS) is 14.5. The van der Waals surface area contributed by atoms with Crippen LogP contribution in [0.5, 0.6) is 0 Å². The molecule has 0 spiro atoms. The number of aromatic nitrogens is 1. The number of fused-ring (bicyclic) bond motifs is 2. The van der Waals surface area contributed by atoms with E-state index in [2.05, 4.69) is 10.1 Å². The highest BCUT2D eigenvalue weighted by Gasteiger charge is 2.35. The van der Waals surface area contributed by atoms with Crippen LogP contribution in [-0.4, -0.2) is 54.6 Å². The quantitative estimate of drug-likeness (QED) is 0.539. The Morgan fingerprint density at radius 1 is 1.19 bits per heavy atom. The highest BCUT2D eigenvalue weighted by molar-refractivity contribution is 7.89. The highest BCUT2D eigenvalue weighted by Crippen LogP contribution is 2.22. The number of rotatable bonds is 6. The van der Waals surface area contributed by atoms with E-state index in [1.54, 1.807) is 30.6 Å². The van der Waals surface area contributed by atoms with Gasteiger partial charge >= 0.3 is 7.05 Å². The summed E-state index contributed by atoms with van der Waals surface area (Å²) in [7, 11) is -5.12. The Morgan fingerprint density at radius 2 is 2.00 bits per heavy atom. The Morgan fingerprint density at radius 3 is 2.74 bits per heavy atom. The summed E-state index contributed by atoms with van der Waals surface area (Å²) in [6.07, 6.45) is 6.05. The van der Waals surface area contributed by atoms with Gasteiger partial charge in [0.2, 0.25) is 10.0 Å². The lowest BCUT2D eigenvalue weighted by atomic mass is 9.70. The molecule has 3 aromatic rings. The number of pyridine rings is 1. The topological polar surface area (TPSA) is 126 Å². The number of nitrogens with two attached hydrogens (primary N) is 1. The molecule has 2 heterocycles. The molecule has 0 fully saturated rings. The minimum absolute atomic E-state index is 0.0260. The van der Waals surface area contributed by atoms with Crippen LogP contribution in [0.15, 0.2) is 60.0 Å². The van der Waals surface area contributed by atoms with E-state index in [0.717, 1.165) is 22.6 Å². The number of carbonyl (C=O) groups excluding carboxylic acids is 1. The van der Waals surface area contributed by atoms with E-state index in [-0.39, 0.29) is 18.7 Å². The summed E-state index contributed by atoms with van der Waals surface area (Å²) in [5, 5.41) is 16.2. The molecule has 2 aromatic carbocycles. The summed E-state index contributed by atoms with van der Waals surface area (Å²) in [6, 6.07) is 12.7. The van der Waals surface area contributed by atoms with Crippen LogP contribution >= 0.6 is 0 Å². The summed E-state index contributed by atoms with van der Waals surface area (Å²) >= 11 is 0. The molecular weight excluding hydrogens is 415 g/mol. The first kappa shape index (κ1) is 21.2. The molecule has 0 aliphatic carbocycles. The van der Waals surface area contributed by atoms with Gasteiger partial charge in [-0.3, -0.25) is 9.78 Å². The predicted molar refractivity (Wildman–Crippen MR) is 121 cm³/mol. The molecule has 1 atom stereocenters. The lowest BCUT2D eigenvalue weighted by Gasteiger charge is -2.25. The molecule has 3 N–H and O–H groups in total. The predicted octanol–water partition coefficient (Wildman–Crippen LogP) is 0.385. The minimum Gasteiger partial charge on any atom is -0.427 e. The molecular formula is C21H21BN4O4S. The molecule has 8 nitrogen and oxygen atoms in total. The maximum atomic E-state index is 13.0. The maximum Gasteiger partial charge on any atom is 0.483 e. The third-order valence-electron chi connectivity index (χ3n) is 5.36. The lowest BCUT2D eigenvalue weighted by molar-refractivity contribution is -0.119. The number of sulfonamides is 1. The van der Waals surface area contributed by atoms with Crippen molar-refractivity contribution < 1.29 is 18.2 Å². The van der Waals surface area contributed by atoms with Gasteiger partial charge in [-0.05, 0) is 39.7 Å². The van der Waals surface area contributed by atoms with Crippen molar-refractivity contribution in [3.63, 3.8) is 0 Å². The number of carbonyl (C=O) groups is 1. The van der Waals surface area contributed by atoms with Crippen LogP contribution in [0.1, 0.15) is 22.6 Å². The third-order valence-corrected chi connectivity index (χ3v) is 6.33. The van der Waals surface area contributed by atoms with E-state index in [1.807, 2.05) is 24.3 Å². The van der Waals surface area contributed by atoms with Gasteiger partial charge in [-0.1, -0.05) is 30.3 Å². The second-order valence-corrected chi connectivity index (χ2v) is 9.37. The van der Waals surface area contributed by atoms with Crippen LogP contribution in [0, 0.1) is 0 Å². The summed E-state index contributed by atoms with van der Waals surface area (Å²) in [5.74, 6) is -0.557. The van der Waals surface area contributed by atoms with Gasteiger partial charge in [-0.25, -0.2) is 12.7 Å². The summed E-state index contributed by atoms with van der Waals surface area (Å²) in [5.41, 5.74) is 8.47. The molecule has 0 saturated carbocycles. The summed E-state index contributed by atoms with van der Waals surface area (Å²) < 4.78 is 24.2. The monoisotopic (exact) mass is 436 g/mol. The number of hydrazone groups is 1. The van der Waals surface area contributed by atoms with Crippen molar-refractivity contribution in [2.45, 2.75) is 12.3 Å². The van der Waals surface area contributed by atoms with Gasteiger partial charge in [0.25, 0.3) is 0 Å².